The van der Waals surface area contributed by atoms with Crippen molar-refractivity contribution in [3.63, 3.8) is 0 Å². The van der Waals surface area contributed by atoms with E-state index < -0.39 is 33.0 Å². The van der Waals surface area contributed by atoms with E-state index in [-0.39, 0.29) is 44.1 Å². The van der Waals surface area contributed by atoms with Crippen LogP contribution in [0.5, 0.6) is 0 Å². The molecule has 1 saturated carbocycles. The average molecular weight is 792 g/mol. The molecule has 328 valence electrons. The van der Waals surface area contributed by atoms with Crippen molar-refractivity contribution in [2.24, 2.45) is 43.3 Å². The Hall–Kier alpha value is -1.83. The van der Waals surface area contributed by atoms with E-state index in [2.05, 4.69) is 211 Å². The Balaban J connectivity index is 3.22. The van der Waals surface area contributed by atoms with Gasteiger partial charge in [0.05, 0.1) is 5.54 Å². The summed E-state index contributed by atoms with van der Waals surface area (Å²) < 4.78 is 14.1. The smallest absolute Gasteiger partial charge is 0.345 e. The first-order valence-electron chi connectivity index (χ1n) is 21.9. The highest BCUT2D eigenvalue weighted by Crippen LogP contribution is 2.82. The maximum Gasteiger partial charge on any atom is 0.345 e. The van der Waals surface area contributed by atoms with E-state index >= 15 is 4.79 Å². The van der Waals surface area contributed by atoms with Gasteiger partial charge in [-0.25, -0.2) is 4.79 Å². The highest BCUT2D eigenvalue weighted by Gasteiger charge is 2.81. The first-order chi connectivity index (χ1) is 24.7. The summed E-state index contributed by atoms with van der Waals surface area (Å²) >= 11 is 0. The van der Waals surface area contributed by atoms with Gasteiger partial charge >= 0.3 is 5.97 Å². The van der Waals surface area contributed by atoms with Gasteiger partial charge in [-0.1, -0.05) is 130 Å². The highest BCUT2D eigenvalue weighted by atomic mass is 16.6. The van der Waals surface area contributed by atoms with Crippen molar-refractivity contribution < 1.29 is 14.3 Å². The van der Waals surface area contributed by atoms with Gasteiger partial charge in [-0.2, -0.15) is 0 Å². The fourth-order valence-electron chi connectivity index (χ4n) is 11.7. The Morgan fingerprint density at radius 1 is 0.491 bits per heavy atom. The molecule has 0 saturated heterocycles. The van der Waals surface area contributed by atoms with Crippen molar-refractivity contribution in [3.8, 4) is 11.8 Å². The molecule has 0 amide bonds. The third kappa shape index (κ3) is 6.72. The molecule has 57 heavy (non-hydrogen) atoms. The molecular formula is C53H93NO3. The SMILES string of the molecule is COC(C(=O)OC(C)(C)C#CC(C)(C)N(C(C)(C)C(C)(C)C)C(C)(C)C(C)(C)C)(c1c(C)c(C)c(C)c(C)c1C)C1(C)C(C)(C)C(C)(C)C(C)(C)C(C)(C)C1(C)C. The Morgan fingerprint density at radius 3 is 1.09 bits per heavy atom. The fourth-order valence-corrected chi connectivity index (χ4v) is 11.7. The summed E-state index contributed by atoms with van der Waals surface area (Å²) in [6, 6.07) is 0. The van der Waals surface area contributed by atoms with Crippen LogP contribution in [0.25, 0.3) is 0 Å². The van der Waals surface area contributed by atoms with E-state index in [9.17, 15) is 0 Å². The monoisotopic (exact) mass is 792 g/mol. The Kier molecular flexibility index (Phi) is 12.7. The summed E-state index contributed by atoms with van der Waals surface area (Å²) in [4.78, 5) is 18.8. The van der Waals surface area contributed by atoms with Crippen LogP contribution in [0.3, 0.4) is 0 Å². The molecule has 1 aromatic carbocycles. The van der Waals surface area contributed by atoms with Gasteiger partial charge in [0.25, 0.3) is 0 Å². The molecule has 1 aliphatic carbocycles. The molecule has 1 fully saturated rings. The van der Waals surface area contributed by atoms with Crippen LogP contribution in [-0.4, -0.2) is 40.2 Å². The second-order valence-electron chi connectivity index (χ2n) is 25.3. The topological polar surface area (TPSA) is 38.8 Å². The third-order valence-electron chi connectivity index (χ3n) is 19.8. The number of carbonyl (C=O) groups excluding carboxylic acids is 1. The van der Waals surface area contributed by atoms with Crippen molar-refractivity contribution in [1.82, 2.24) is 4.90 Å². The molecule has 0 N–H and O–H groups in total. The van der Waals surface area contributed by atoms with Crippen LogP contribution in [0.15, 0.2) is 0 Å². The molecule has 0 heterocycles. The lowest BCUT2D eigenvalue weighted by Gasteiger charge is -2.79. The molecular weight excluding hydrogens is 699 g/mol. The maximum atomic E-state index is 16.2. The number of esters is 1. The van der Waals surface area contributed by atoms with Gasteiger partial charge in [0.1, 0.15) is 0 Å². The molecule has 0 radical (unpaired) electrons. The number of carbonyl (C=O) groups is 1. The highest BCUT2D eigenvalue weighted by molar-refractivity contribution is 5.86. The van der Waals surface area contributed by atoms with Gasteiger partial charge in [-0.3, -0.25) is 4.90 Å². The standard InChI is InChI=1S/C53H93NO3/c1-34-35(2)37(4)39(38(5)36(34)3)53(56-31,52(30)48(22,23)46(18,19)45(16,17)47(20,21)49(52,24)25)40(55)57-44(14,15)33-32-43(12,13)54(50(26,27)41(6,7)8)51(28,29)42(9,10)11/h1-31H3. The lowest BCUT2D eigenvalue weighted by Crippen LogP contribution is -2.78. The largest absolute Gasteiger partial charge is 0.444 e. The molecule has 0 bridgehead atoms. The van der Waals surface area contributed by atoms with Crippen molar-refractivity contribution in [2.75, 3.05) is 7.11 Å². The molecule has 4 heteroatoms. The molecule has 1 aliphatic rings. The number of rotatable bonds is 8. The summed E-state index contributed by atoms with van der Waals surface area (Å²) in [5, 5.41) is 0. The maximum absolute atomic E-state index is 16.2. The molecule has 1 aromatic rings. The summed E-state index contributed by atoms with van der Waals surface area (Å²) in [5.41, 5.74) is 0.490. The van der Waals surface area contributed by atoms with Crippen LogP contribution in [0, 0.1) is 89.8 Å². The van der Waals surface area contributed by atoms with E-state index in [0.29, 0.717) is 0 Å². The van der Waals surface area contributed by atoms with Crippen molar-refractivity contribution in [2.45, 2.75) is 236 Å². The zero-order chi connectivity index (χ0) is 45.9. The summed E-state index contributed by atoms with van der Waals surface area (Å²) in [5.74, 6) is 6.93. The van der Waals surface area contributed by atoms with E-state index in [4.69, 9.17) is 9.47 Å². The minimum Gasteiger partial charge on any atom is -0.444 e. The van der Waals surface area contributed by atoms with Gasteiger partial charge in [0.2, 0.25) is 0 Å². The van der Waals surface area contributed by atoms with E-state index in [1.165, 1.54) is 16.7 Å². The third-order valence-corrected chi connectivity index (χ3v) is 19.8. The normalized spacial score (nSPS) is 21.7. The van der Waals surface area contributed by atoms with Crippen LogP contribution < -0.4 is 0 Å². The van der Waals surface area contributed by atoms with E-state index in [1.807, 2.05) is 13.8 Å². The second kappa shape index (κ2) is 14.1. The van der Waals surface area contributed by atoms with Crippen LogP contribution in [0.2, 0.25) is 0 Å². The molecule has 4 nitrogen and oxygen atoms in total. The van der Waals surface area contributed by atoms with Gasteiger partial charge in [0, 0.05) is 29.2 Å². The van der Waals surface area contributed by atoms with E-state index in [1.54, 1.807) is 7.11 Å². The van der Waals surface area contributed by atoms with Gasteiger partial charge < -0.3 is 9.47 Å². The van der Waals surface area contributed by atoms with Gasteiger partial charge in [-0.15, -0.1) is 0 Å². The van der Waals surface area contributed by atoms with Gasteiger partial charge in [0.15, 0.2) is 11.2 Å². The number of methoxy groups -OCH3 is 1. The minimum atomic E-state index is -1.51. The number of ether oxygens (including phenoxy) is 2. The molecule has 1 unspecified atom stereocenters. The van der Waals surface area contributed by atoms with Crippen LogP contribution in [0.1, 0.15) is 206 Å². The van der Waals surface area contributed by atoms with Crippen molar-refractivity contribution in [3.05, 3.63) is 33.4 Å². The first-order valence-corrected chi connectivity index (χ1v) is 21.9. The quantitative estimate of drug-likeness (QED) is 0.194. The molecule has 0 aliphatic heterocycles. The van der Waals surface area contributed by atoms with Crippen LogP contribution in [0.4, 0.5) is 0 Å². The zero-order valence-electron chi connectivity index (χ0n) is 43.7. The number of benzene rings is 1. The first kappa shape index (κ1) is 51.3. The number of hydrogen-bond acceptors (Lipinski definition) is 4. The molecule has 0 spiro atoms. The lowest BCUT2D eigenvalue weighted by molar-refractivity contribution is -0.343. The van der Waals surface area contributed by atoms with Crippen molar-refractivity contribution >= 4 is 5.97 Å². The predicted molar refractivity (Wildman–Crippen MR) is 247 cm³/mol. The van der Waals surface area contributed by atoms with Crippen LogP contribution in [-0.2, 0) is 19.9 Å². The summed E-state index contributed by atoms with van der Waals surface area (Å²) in [6.07, 6.45) is 0. The lowest BCUT2D eigenvalue weighted by atomic mass is 9.25. The van der Waals surface area contributed by atoms with Gasteiger partial charge in [-0.05, 0) is 156 Å². The zero-order valence-corrected chi connectivity index (χ0v) is 43.7. The summed E-state index contributed by atoms with van der Waals surface area (Å²) in [7, 11) is 1.74. The Bertz CT molecular complexity index is 1700. The van der Waals surface area contributed by atoms with Crippen molar-refractivity contribution in [1.29, 1.82) is 0 Å². The molecule has 2 rings (SSSR count). The predicted octanol–water partition coefficient (Wildman–Crippen LogP) is 14.3. The second-order valence-corrected chi connectivity index (χ2v) is 25.3. The van der Waals surface area contributed by atoms with Crippen LogP contribution >= 0.6 is 0 Å². The number of nitrogens with zero attached hydrogens (tertiary/aromatic N) is 1. The molecule has 0 aromatic heterocycles. The Morgan fingerprint density at radius 2 is 0.789 bits per heavy atom. The average Bonchev–Trinajstić information content (AvgIpc) is 3.01. The van der Waals surface area contributed by atoms with E-state index in [0.717, 1.165) is 16.7 Å². The molecule has 1 atom stereocenters. The fraction of sp³-hybridized carbons (Fsp3) is 0.830. The minimum absolute atomic E-state index is 0.0558. The Labute approximate surface area is 355 Å². The number of hydrogen-bond donors (Lipinski definition) is 0. The summed E-state index contributed by atoms with van der Waals surface area (Å²) in [6.45, 7) is 68.8.